The van der Waals surface area contributed by atoms with Gasteiger partial charge in [-0.25, -0.2) is 10.0 Å². The van der Waals surface area contributed by atoms with E-state index < -0.39 is 11.7 Å². The van der Waals surface area contributed by atoms with Crippen LogP contribution in [0.3, 0.4) is 0 Å². The quantitative estimate of drug-likeness (QED) is 0.489. The van der Waals surface area contributed by atoms with Crippen LogP contribution in [0, 0.1) is 0 Å². The third kappa shape index (κ3) is 5.59. The molecule has 0 radical (unpaired) electrons. The van der Waals surface area contributed by atoms with Crippen molar-refractivity contribution in [3.05, 3.63) is 42.0 Å². The van der Waals surface area contributed by atoms with Crippen molar-refractivity contribution in [1.29, 1.82) is 0 Å². The highest BCUT2D eigenvalue weighted by Gasteiger charge is 2.35. The SMILES string of the molecule is C=CC.CC(C)=NN1C(N2CCN(C)CC2)=Nc2ccc(C(F)(F)F)cc2C1C. The number of hydrazone groups is 1. The van der Waals surface area contributed by atoms with Gasteiger partial charge in [-0.2, -0.15) is 18.3 Å². The molecular formula is C21H30F3N5. The predicted octanol–water partition coefficient (Wildman–Crippen LogP) is 4.91. The fourth-order valence-corrected chi connectivity index (χ4v) is 3.20. The summed E-state index contributed by atoms with van der Waals surface area (Å²) in [4.78, 5) is 9.08. The van der Waals surface area contributed by atoms with Gasteiger partial charge in [-0.05, 0) is 52.9 Å². The van der Waals surface area contributed by atoms with Crippen LogP contribution >= 0.6 is 0 Å². The van der Waals surface area contributed by atoms with Gasteiger partial charge in [-0.1, -0.05) is 6.08 Å². The lowest BCUT2D eigenvalue weighted by atomic mass is 10.0. The first kappa shape index (κ1) is 22.9. The fraction of sp³-hybridized carbons (Fsp3) is 0.524. The number of rotatable bonds is 1. The van der Waals surface area contributed by atoms with E-state index in [2.05, 4.69) is 33.5 Å². The van der Waals surface area contributed by atoms with Gasteiger partial charge in [0.1, 0.15) is 0 Å². The van der Waals surface area contributed by atoms with Crippen LogP contribution in [0.2, 0.25) is 0 Å². The van der Waals surface area contributed by atoms with E-state index in [1.54, 1.807) is 11.1 Å². The first-order valence-corrected chi connectivity index (χ1v) is 9.69. The van der Waals surface area contributed by atoms with E-state index in [0.29, 0.717) is 17.2 Å². The van der Waals surface area contributed by atoms with Crippen molar-refractivity contribution >= 4 is 17.4 Å². The highest BCUT2D eigenvalue weighted by molar-refractivity contribution is 5.88. The molecule has 0 aromatic heterocycles. The molecule has 2 heterocycles. The van der Waals surface area contributed by atoms with E-state index >= 15 is 0 Å². The molecule has 1 aromatic rings. The van der Waals surface area contributed by atoms with Gasteiger partial charge in [-0.15, -0.1) is 6.58 Å². The number of nitrogens with zero attached hydrogens (tertiary/aromatic N) is 5. The molecule has 0 bridgehead atoms. The second-order valence-electron chi connectivity index (χ2n) is 7.45. The Morgan fingerprint density at radius 3 is 2.31 bits per heavy atom. The van der Waals surface area contributed by atoms with E-state index in [-0.39, 0.29) is 6.04 Å². The molecular weight excluding hydrogens is 379 g/mol. The van der Waals surface area contributed by atoms with Gasteiger partial charge in [0, 0.05) is 37.5 Å². The number of benzene rings is 1. The average Bonchev–Trinajstić information content (AvgIpc) is 2.64. The molecule has 0 spiro atoms. The maximum absolute atomic E-state index is 13.1. The number of likely N-dealkylation sites (N-methyl/N-ethyl adjacent to an activating group) is 1. The minimum absolute atomic E-state index is 0.325. The third-order valence-electron chi connectivity index (χ3n) is 4.69. The molecule has 160 valence electrons. The van der Waals surface area contributed by atoms with Crippen molar-refractivity contribution in [1.82, 2.24) is 14.8 Å². The average molecular weight is 410 g/mol. The van der Waals surface area contributed by atoms with Crippen LogP contribution in [0.4, 0.5) is 18.9 Å². The molecule has 29 heavy (non-hydrogen) atoms. The molecule has 0 saturated carbocycles. The number of aliphatic imine (C=N–C) groups is 1. The number of guanidine groups is 1. The zero-order valence-corrected chi connectivity index (χ0v) is 17.8. The molecule has 1 saturated heterocycles. The van der Waals surface area contributed by atoms with E-state index in [0.717, 1.165) is 38.0 Å². The number of alkyl halides is 3. The van der Waals surface area contributed by atoms with Crippen LogP contribution in [-0.2, 0) is 6.18 Å². The Bertz CT molecular complexity index is 773. The summed E-state index contributed by atoms with van der Waals surface area (Å²) < 4.78 is 39.3. The van der Waals surface area contributed by atoms with Gasteiger partial charge >= 0.3 is 6.18 Å². The second-order valence-corrected chi connectivity index (χ2v) is 7.45. The topological polar surface area (TPSA) is 34.4 Å². The standard InChI is InChI=1S/C18H24F3N5.C3H6/c1-12(2)23-26-13(3)15-11-14(18(19,20)21)5-6-16(15)22-17(26)25-9-7-24(4)8-10-25;1-3-2/h5-6,11,13H,7-10H2,1-4H3;3H,1H2,2H3. The minimum Gasteiger partial charge on any atom is -0.338 e. The molecule has 2 aliphatic heterocycles. The number of piperazine rings is 1. The van der Waals surface area contributed by atoms with E-state index in [9.17, 15) is 13.2 Å². The van der Waals surface area contributed by atoms with E-state index in [4.69, 9.17) is 0 Å². The van der Waals surface area contributed by atoms with Crippen molar-refractivity contribution in [3.63, 3.8) is 0 Å². The van der Waals surface area contributed by atoms with Crippen LogP contribution in [0.5, 0.6) is 0 Å². The third-order valence-corrected chi connectivity index (χ3v) is 4.69. The van der Waals surface area contributed by atoms with Crippen molar-refractivity contribution in [2.45, 2.75) is 39.9 Å². The zero-order chi connectivity index (χ0) is 21.8. The molecule has 8 heteroatoms. The fourth-order valence-electron chi connectivity index (χ4n) is 3.20. The Hall–Kier alpha value is -2.35. The minimum atomic E-state index is -4.37. The Labute approximate surface area is 171 Å². The van der Waals surface area contributed by atoms with Crippen LogP contribution in [0.25, 0.3) is 0 Å². The lowest BCUT2D eigenvalue weighted by Gasteiger charge is -2.41. The van der Waals surface area contributed by atoms with Gasteiger partial charge in [0.05, 0.1) is 17.3 Å². The Kier molecular flexibility index (Phi) is 7.46. The molecule has 2 aliphatic rings. The summed E-state index contributed by atoms with van der Waals surface area (Å²) >= 11 is 0. The first-order chi connectivity index (χ1) is 13.6. The molecule has 0 amide bonds. The summed E-state index contributed by atoms with van der Waals surface area (Å²) in [7, 11) is 2.07. The number of allylic oxidation sites excluding steroid dienone is 1. The summed E-state index contributed by atoms with van der Waals surface area (Å²) in [6, 6.07) is 3.43. The summed E-state index contributed by atoms with van der Waals surface area (Å²) in [6.45, 7) is 14.3. The lowest BCUT2D eigenvalue weighted by molar-refractivity contribution is -0.137. The molecule has 1 fully saturated rings. The first-order valence-electron chi connectivity index (χ1n) is 9.69. The van der Waals surface area contributed by atoms with Gasteiger partial charge in [0.2, 0.25) is 5.96 Å². The highest BCUT2D eigenvalue weighted by atomic mass is 19.4. The molecule has 5 nitrogen and oxygen atoms in total. The van der Waals surface area contributed by atoms with E-state index in [1.165, 1.54) is 12.1 Å². The normalized spacial score (nSPS) is 19.6. The molecule has 1 aromatic carbocycles. The maximum atomic E-state index is 13.1. The van der Waals surface area contributed by atoms with Crippen molar-refractivity contribution in [3.8, 4) is 0 Å². The summed E-state index contributed by atoms with van der Waals surface area (Å²) in [5, 5.41) is 6.32. The Morgan fingerprint density at radius 2 is 1.79 bits per heavy atom. The summed E-state index contributed by atoms with van der Waals surface area (Å²) in [5.74, 6) is 0.707. The highest BCUT2D eigenvalue weighted by Crippen LogP contribution is 2.40. The monoisotopic (exact) mass is 409 g/mol. The van der Waals surface area contributed by atoms with Crippen LogP contribution < -0.4 is 0 Å². The van der Waals surface area contributed by atoms with Gasteiger partial charge in [0.15, 0.2) is 0 Å². The van der Waals surface area contributed by atoms with Gasteiger partial charge in [0.25, 0.3) is 0 Å². The van der Waals surface area contributed by atoms with Crippen LogP contribution in [0.1, 0.15) is 44.9 Å². The molecule has 0 N–H and O–H groups in total. The number of hydrogen-bond acceptors (Lipinski definition) is 5. The van der Waals surface area contributed by atoms with Crippen LogP contribution in [-0.4, -0.2) is 59.7 Å². The van der Waals surface area contributed by atoms with Crippen molar-refractivity contribution < 1.29 is 13.2 Å². The summed E-state index contributed by atoms with van der Waals surface area (Å²) in [6.07, 6.45) is -2.62. The molecule has 0 aliphatic carbocycles. The van der Waals surface area contributed by atoms with Crippen molar-refractivity contribution in [2.75, 3.05) is 33.2 Å². The summed E-state index contributed by atoms with van der Waals surface area (Å²) in [5.41, 5.74) is 1.30. The second kappa shape index (κ2) is 9.43. The lowest BCUT2D eigenvalue weighted by Crippen LogP contribution is -2.52. The number of fused-ring (bicyclic) bond motifs is 1. The Morgan fingerprint density at radius 1 is 1.21 bits per heavy atom. The molecule has 3 rings (SSSR count). The van der Waals surface area contributed by atoms with E-state index in [1.807, 2.05) is 27.7 Å². The number of hydrogen-bond donors (Lipinski definition) is 0. The Balaban J connectivity index is 0.000000941. The van der Waals surface area contributed by atoms with Gasteiger partial charge < -0.3 is 9.80 Å². The van der Waals surface area contributed by atoms with Gasteiger partial charge in [-0.3, -0.25) is 0 Å². The van der Waals surface area contributed by atoms with Crippen molar-refractivity contribution in [2.24, 2.45) is 10.1 Å². The largest absolute Gasteiger partial charge is 0.416 e. The zero-order valence-electron chi connectivity index (χ0n) is 17.8. The molecule has 1 atom stereocenters. The van der Waals surface area contributed by atoms with Crippen LogP contribution in [0.15, 0.2) is 40.9 Å². The smallest absolute Gasteiger partial charge is 0.338 e. The predicted molar refractivity (Wildman–Crippen MR) is 113 cm³/mol. The number of halogens is 3. The molecule has 1 unspecified atom stereocenters. The maximum Gasteiger partial charge on any atom is 0.416 e.